The minimum atomic E-state index is -0.913. The Labute approximate surface area is 61.3 Å². The van der Waals surface area contributed by atoms with Gasteiger partial charge in [-0.05, 0) is 6.54 Å². The fourth-order valence-corrected chi connectivity index (χ4v) is 0.689. The van der Waals surface area contributed by atoms with Crippen molar-refractivity contribution in [2.24, 2.45) is 0 Å². The number of likely N-dealkylation sites (N-methyl/N-ethyl adjacent to an activating group) is 1. The molecular formula is C5H11NO2S. The van der Waals surface area contributed by atoms with Crippen LogP contribution in [-0.2, 0) is 4.79 Å². The van der Waals surface area contributed by atoms with Gasteiger partial charge in [-0.3, -0.25) is 4.79 Å². The number of hydrogen-bond donors (Lipinski definition) is 3. The first-order valence-electron chi connectivity index (χ1n) is 3.29. The lowest BCUT2D eigenvalue weighted by molar-refractivity contribution is -0.138. The number of thiol groups is 1. The molecule has 0 saturated heterocycles. The van der Waals surface area contributed by atoms with E-state index in [0.29, 0.717) is 6.54 Å². The number of rotatable bonds is 4. The first-order chi connectivity index (χ1) is 4.72. The quantitative estimate of drug-likeness (QED) is 0.494. The molecule has 0 unspecified atom stereocenters. The van der Waals surface area contributed by atoms with Gasteiger partial charge in [-0.15, -0.1) is 0 Å². The Kier molecular flexibility index (Phi) is 3.55. The molecule has 0 aliphatic rings. The van der Waals surface area contributed by atoms with E-state index in [2.05, 4.69) is 17.9 Å². The largest absolute Gasteiger partial charge is 0.480 e. The number of nitrogens with one attached hydrogen (secondary N) is 1. The zero-order valence-electron chi connectivity index (χ0n) is 6.00. The second kappa shape index (κ2) is 4.64. The summed E-state index contributed by atoms with van der Waals surface area (Å²) in [6, 6.07) is -0.617. The standard InChI is InChI=1S/C5H11NO2S/c1-2-6-4(3-9)5(7)8/h4,6,9H,2-3H2,1H3,(H,7,8)/t4-/m0/s1/i1D. The van der Waals surface area contributed by atoms with Crippen molar-refractivity contribution in [3.05, 3.63) is 0 Å². The minimum absolute atomic E-state index is 0.192. The van der Waals surface area contributed by atoms with Crippen LogP contribution in [0, 0.1) is 0 Å². The van der Waals surface area contributed by atoms with E-state index in [1.165, 1.54) is 0 Å². The molecule has 0 aromatic carbocycles. The number of carbonyl (C=O) groups is 1. The maximum atomic E-state index is 10.3. The van der Waals surface area contributed by atoms with Crippen molar-refractivity contribution < 1.29 is 11.3 Å². The summed E-state index contributed by atoms with van der Waals surface area (Å²) in [5.74, 6) is -0.654. The Morgan fingerprint density at radius 2 is 2.78 bits per heavy atom. The van der Waals surface area contributed by atoms with Gasteiger partial charge in [0.15, 0.2) is 0 Å². The van der Waals surface area contributed by atoms with Gasteiger partial charge in [0.25, 0.3) is 0 Å². The second-order valence-electron chi connectivity index (χ2n) is 1.53. The summed E-state index contributed by atoms with van der Waals surface area (Å²) < 4.78 is 6.73. The van der Waals surface area contributed by atoms with E-state index in [9.17, 15) is 4.79 Å². The molecule has 0 bridgehead atoms. The van der Waals surface area contributed by atoms with E-state index in [4.69, 9.17) is 6.48 Å². The maximum absolute atomic E-state index is 10.3. The van der Waals surface area contributed by atoms with Gasteiger partial charge in [0.05, 0.1) is 0 Å². The minimum Gasteiger partial charge on any atom is -0.480 e. The predicted molar refractivity (Wildman–Crippen MR) is 39.0 cm³/mol. The summed E-state index contributed by atoms with van der Waals surface area (Å²) in [4.78, 5) is 10.3. The van der Waals surface area contributed by atoms with E-state index in [1.54, 1.807) is 0 Å². The summed E-state index contributed by atoms with van der Waals surface area (Å²) in [6.45, 7) is 0.592. The molecule has 2 N–H and O–H groups in total. The number of carboxylic acid groups (broad SMARTS) is 1. The van der Waals surface area contributed by atoms with Gasteiger partial charge < -0.3 is 10.4 Å². The normalized spacial score (nSPS) is 14.6. The molecule has 0 amide bonds. The molecule has 54 valence electrons. The van der Waals surface area contributed by atoms with Crippen LogP contribution in [0.25, 0.3) is 0 Å². The Morgan fingerprint density at radius 1 is 2.11 bits per heavy atom. The van der Waals surface area contributed by atoms with Gasteiger partial charge in [0, 0.05) is 7.12 Å². The maximum Gasteiger partial charge on any atom is 0.321 e. The van der Waals surface area contributed by atoms with Gasteiger partial charge in [0.2, 0.25) is 0 Å². The van der Waals surface area contributed by atoms with E-state index >= 15 is 0 Å². The van der Waals surface area contributed by atoms with Crippen molar-refractivity contribution in [2.45, 2.75) is 12.9 Å². The molecule has 0 aromatic heterocycles. The molecule has 3 nitrogen and oxygen atoms in total. The molecule has 4 heteroatoms. The fraction of sp³-hybridized carbons (Fsp3) is 0.800. The first kappa shape index (κ1) is 6.89. The molecular weight excluding hydrogens is 138 g/mol. The van der Waals surface area contributed by atoms with Crippen molar-refractivity contribution in [3.8, 4) is 0 Å². The predicted octanol–water partition coefficient (Wildman–Crippen LogP) is -0.0211. The van der Waals surface area contributed by atoms with Crippen molar-refractivity contribution in [1.82, 2.24) is 5.32 Å². The third-order valence-electron chi connectivity index (χ3n) is 0.871. The van der Waals surface area contributed by atoms with Crippen molar-refractivity contribution in [2.75, 3.05) is 12.3 Å². The summed E-state index contributed by atoms with van der Waals surface area (Å²) in [6.07, 6.45) is 0. The average Bonchev–Trinajstić information content (AvgIpc) is 1.89. The molecule has 0 aliphatic heterocycles. The third-order valence-corrected chi connectivity index (χ3v) is 1.24. The lowest BCUT2D eigenvalue weighted by atomic mass is 10.3. The average molecular weight is 150 g/mol. The number of hydrogen-bond acceptors (Lipinski definition) is 3. The summed E-state index contributed by atoms with van der Waals surface area (Å²) >= 11 is 3.82. The Morgan fingerprint density at radius 3 is 3.11 bits per heavy atom. The van der Waals surface area contributed by atoms with Gasteiger partial charge in [-0.25, -0.2) is 0 Å². The van der Waals surface area contributed by atoms with Crippen LogP contribution in [-0.4, -0.2) is 29.4 Å². The van der Waals surface area contributed by atoms with Crippen LogP contribution in [0.5, 0.6) is 0 Å². The third kappa shape index (κ3) is 3.37. The van der Waals surface area contributed by atoms with Gasteiger partial charge >= 0.3 is 5.97 Å². The van der Waals surface area contributed by atoms with Gasteiger partial charge in [0.1, 0.15) is 6.04 Å². The molecule has 0 spiro atoms. The smallest absolute Gasteiger partial charge is 0.321 e. The van der Waals surface area contributed by atoms with Crippen molar-refractivity contribution in [3.63, 3.8) is 0 Å². The van der Waals surface area contributed by atoms with E-state index in [0.717, 1.165) is 0 Å². The number of aliphatic carboxylic acids is 1. The molecule has 0 heterocycles. The topological polar surface area (TPSA) is 49.3 Å². The zero-order valence-corrected chi connectivity index (χ0v) is 5.90. The molecule has 0 fully saturated rings. The molecule has 0 aromatic rings. The lowest BCUT2D eigenvalue weighted by Gasteiger charge is -2.07. The Bertz CT molecular complexity index is 112. The van der Waals surface area contributed by atoms with E-state index in [1.807, 2.05) is 0 Å². The molecule has 1 atom stereocenters. The second-order valence-corrected chi connectivity index (χ2v) is 1.89. The highest BCUT2D eigenvalue weighted by atomic mass is 32.1. The van der Waals surface area contributed by atoms with Crippen molar-refractivity contribution >= 4 is 18.6 Å². The highest BCUT2D eigenvalue weighted by Crippen LogP contribution is 1.86. The SMILES string of the molecule is [2H]CCN[C@@H](CS)C(=O)O. The highest BCUT2D eigenvalue weighted by Gasteiger charge is 2.11. The summed E-state index contributed by atoms with van der Waals surface area (Å²) in [5.41, 5.74) is 0. The van der Waals surface area contributed by atoms with Crippen LogP contribution < -0.4 is 5.32 Å². The van der Waals surface area contributed by atoms with Crippen LogP contribution >= 0.6 is 12.6 Å². The van der Waals surface area contributed by atoms with Crippen LogP contribution in [0.4, 0.5) is 0 Å². The molecule has 0 aliphatic carbocycles. The zero-order chi connectivity index (χ0) is 7.98. The first-order valence-corrected chi connectivity index (χ1v) is 3.22. The molecule has 0 rings (SSSR count). The Hall–Kier alpha value is -0.220. The van der Waals surface area contributed by atoms with Crippen LogP contribution in [0.3, 0.4) is 0 Å². The molecule has 0 saturated carbocycles. The lowest BCUT2D eigenvalue weighted by Crippen LogP contribution is -2.37. The summed E-state index contributed by atoms with van der Waals surface area (Å²) in [5, 5.41) is 11.1. The van der Waals surface area contributed by atoms with Gasteiger partial charge in [-0.1, -0.05) is 6.90 Å². The van der Waals surface area contributed by atoms with E-state index < -0.39 is 12.0 Å². The molecule has 0 radical (unpaired) electrons. The van der Waals surface area contributed by atoms with Crippen LogP contribution in [0.15, 0.2) is 0 Å². The van der Waals surface area contributed by atoms with Crippen molar-refractivity contribution in [1.29, 1.82) is 0 Å². The highest BCUT2D eigenvalue weighted by molar-refractivity contribution is 7.80. The van der Waals surface area contributed by atoms with Crippen LogP contribution in [0.1, 0.15) is 8.27 Å². The van der Waals surface area contributed by atoms with Gasteiger partial charge in [-0.2, -0.15) is 12.6 Å². The number of carboxylic acids is 1. The molecule has 9 heavy (non-hydrogen) atoms. The fourth-order valence-electron chi connectivity index (χ4n) is 0.404. The Balaban J connectivity index is 3.50. The van der Waals surface area contributed by atoms with E-state index in [-0.39, 0.29) is 12.7 Å². The van der Waals surface area contributed by atoms with Crippen LogP contribution in [0.2, 0.25) is 0 Å². The monoisotopic (exact) mass is 150 g/mol. The summed E-state index contributed by atoms with van der Waals surface area (Å²) in [7, 11) is 0.